The molecule has 0 aliphatic heterocycles. The lowest BCUT2D eigenvalue weighted by atomic mass is 10.0. The van der Waals surface area contributed by atoms with E-state index in [0.29, 0.717) is 6.54 Å². The van der Waals surface area contributed by atoms with Crippen LogP contribution in [0.25, 0.3) is 0 Å². The Bertz CT molecular complexity index is 616. The zero-order valence-corrected chi connectivity index (χ0v) is 13.6. The van der Waals surface area contributed by atoms with E-state index >= 15 is 0 Å². The Morgan fingerprint density at radius 1 is 1.05 bits per heavy atom. The largest absolute Gasteiger partial charge is 0.337 e. The molecule has 0 radical (unpaired) electrons. The number of hydrogen-bond donors (Lipinski definition) is 0. The van der Waals surface area contributed by atoms with E-state index in [1.807, 2.05) is 63.4 Å². The van der Waals surface area contributed by atoms with Crippen molar-refractivity contribution in [2.45, 2.75) is 20.4 Å². The maximum absolute atomic E-state index is 12.6. The molecule has 2 aromatic carbocycles. The molecule has 0 aliphatic carbocycles. The minimum atomic E-state index is 0.0661. The molecular weight excluding hydrogens is 314 g/mol. The van der Waals surface area contributed by atoms with E-state index in [-0.39, 0.29) is 5.91 Å². The number of aryl methyl sites for hydroxylation is 2. The number of nitrogens with zero attached hydrogens (tertiary/aromatic N) is 1. The van der Waals surface area contributed by atoms with Gasteiger partial charge in [0.15, 0.2) is 0 Å². The van der Waals surface area contributed by atoms with Gasteiger partial charge in [0.25, 0.3) is 5.91 Å². The molecule has 2 rings (SSSR count). The Balaban J connectivity index is 2.24. The maximum atomic E-state index is 12.6. The Labute approximate surface area is 128 Å². The Morgan fingerprint density at radius 2 is 1.65 bits per heavy atom. The summed E-state index contributed by atoms with van der Waals surface area (Å²) in [4.78, 5) is 14.4. The molecule has 0 aromatic heterocycles. The van der Waals surface area contributed by atoms with Crippen LogP contribution in [0.4, 0.5) is 0 Å². The smallest absolute Gasteiger partial charge is 0.254 e. The molecule has 0 atom stereocenters. The van der Waals surface area contributed by atoms with E-state index in [4.69, 9.17) is 0 Å². The van der Waals surface area contributed by atoms with E-state index in [1.165, 1.54) is 0 Å². The Morgan fingerprint density at radius 3 is 2.25 bits per heavy atom. The standard InChI is InChI=1S/C17H18BrNO/c1-12-7-6-8-13(2)16(12)17(20)19(3)11-14-9-4-5-10-15(14)18/h4-10H,11H2,1-3H3. The van der Waals surface area contributed by atoms with Gasteiger partial charge in [0.2, 0.25) is 0 Å². The van der Waals surface area contributed by atoms with Crippen LogP contribution in [0.1, 0.15) is 27.0 Å². The van der Waals surface area contributed by atoms with Crippen molar-refractivity contribution in [3.05, 3.63) is 69.2 Å². The van der Waals surface area contributed by atoms with Gasteiger partial charge in [-0.3, -0.25) is 4.79 Å². The van der Waals surface area contributed by atoms with Gasteiger partial charge >= 0.3 is 0 Å². The van der Waals surface area contributed by atoms with Crippen LogP contribution in [-0.2, 0) is 6.54 Å². The molecule has 104 valence electrons. The Hall–Kier alpha value is -1.61. The first-order chi connectivity index (χ1) is 9.50. The van der Waals surface area contributed by atoms with Gasteiger partial charge in [-0.1, -0.05) is 52.3 Å². The fourth-order valence-electron chi connectivity index (χ4n) is 2.30. The first-order valence-electron chi connectivity index (χ1n) is 6.56. The van der Waals surface area contributed by atoms with E-state index in [2.05, 4.69) is 15.9 Å². The summed E-state index contributed by atoms with van der Waals surface area (Å²) in [7, 11) is 1.84. The van der Waals surface area contributed by atoms with E-state index < -0.39 is 0 Å². The van der Waals surface area contributed by atoms with Crippen molar-refractivity contribution >= 4 is 21.8 Å². The Kier molecular flexibility index (Phi) is 4.61. The first kappa shape index (κ1) is 14.8. The molecule has 2 aromatic rings. The van der Waals surface area contributed by atoms with Gasteiger partial charge in [-0.2, -0.15) is 0 Å². The highest BCUT2D eigenvalue weighted by molar-refractivity contribution is 9.10. The van der Waals surface area contributed by atoms with Crippen LogP contribution in [0.15, 0.2) is 46.9 Å². The molecule has 0 fully saturated rings. The predicted molar refractivity (Wildman–Crippen MR) is 85.9 cm³/mol. The first-order valence-corrected chi connectivity index (χ1v) is 7.35. The molecule has 0 aliphatic rings. The fraction of sp³-hybridized carbons (Fsp3) is 0.235. The quantitative estimate of drug-likeness (QED) is 0.819. The van der Waals surface area contributed by atoms with Gasteiger partial charge in [0.05, 0.1) is 0 Å². The number of rotatable bonds is 3. The van der Waals surface area contributed by atoms with Crippen molar-refractivity contribution in [2.24, 2.45) is 0 Å². The monoisotopic (exact) mass is 331 g/mol. The molecule has 0 N–H and O–H groups in total. The number of amides is 1. The summed E-state index contributed by atoms with van der Waals surface area (Å²) in [6, 6.07) is 13.9. The molecule has 20 heavy (non-hydrogen) atoms. The van der Waals surface area contributed by atoms with Crippen LogP contribution in [0.3, 0.4) is 0 Å². The van der Waals surface area contributed by atoms with Crippen LogP contribution < -0.4 is 0 Å². The molecule has 0 heterocycles. The van der Waals surface area contributed by atoms with E-state index in [9.17, 15) is 4.79 Å². The van der Waals surface area contributed by atoms with Crippen LogP contribution in [0.5, 0.6) is 0 Å². The molecule has 0 saturated heterocycles. The summed E-state index contributed by atoms with van der Waals surface area (Å²) in [6.45, 7) is 4.55. The van der Waals surface area contributed by atoms with Gasteiger partial charge in [-0.15, -0.1) is 0 Å². The maximum Gasteiger partial charge on any atom is 0.254 e. The van der Waals surface area contributed by atoms with Gasteiger partial charge in [-0.05, 0) is 36.6 Å². The zero-order valence-electron chi connectivity index (χ0n) is 12.0. The van der Waals surface area contributed by atoms with Gasteiger partial charge < -0.3 is 4.90 Å². The third-order valence-corrected chi connectivity index (χ3v) is 4.18. The van der Waals surface area contributed by atoms with Crippen molar-refractivity contribution < 1.29 is 4.79 Å². The number of benzene rings is 2. The van der Waals surface area contributed by atoms with Crippen molar-refractivity contribution in [2.75, 3.05) is 7.05 Å². The second kappa shape index (κ2) is 6.23. The highest BCUT2D eigenvalue weighted by Gasteiger charge is 2.17. The highest BCUT2D eigenvalue weighted by Crippen LogP contribution is 2.20. The lowest BCUT2D eigenvalue weighted by Gasteiger charge is -2.20. The molecular formula is C17H18BrNO. The van der Waals surface area contributed by atoms with Crippen LogP contribution >= 0.6 is 15.9 Å². The number of halogens is 1. The molecule has 0 unspecified atom stereocenters. The molecule has 3 heteroatoms. The van der Waals surface area contributed by atoms with Crippen LogP contribution in [0, 0.1) is 13.8 Å². The minimum Gasteiger partial charge on any atom is -0.337 e. The average molecular weight is 332 g/mol. The third-order valence-electron chi connectivity index (χ3n) is 3.41. The zero-order chi connectivity index (χ0) is 14.7. The van der Waals surface area contributed by atoms with Crippen molar-refractivity contribution in [1.29, 1.82) is 0 Å². The molecule has 2 nitrogen and oxygen atoms in total. The van der Waals surface area contributed by atoms with Gasteiger partial charge in [0.1, 0.15) is 0 Å². The molecule has 0 saturated carbocycles. The van der Waals surface area contributed by atoms with Crippen LogP contribution in [0.2, 0.25) is 0 Å². The summed E-state index contributed by atoms with van der Waals surface area (Å²) in [6.07, 6.45) is 0. The average Bonchev–Trinajstić information content (AvgIpc) is 2.41. The van der Waals surface area contributed by atoms with Gasteiger partial charge in [-0.25, -0.2) is 0 Å². The van der Waals surface area contributed by atoms with Crippen molar-refractivity contribution in [1.82, 2.24) is 4.90 Å². The summed E-state index contributed by atoms with van der Waals surface area (Å²) < 4.78 is 1.03. The van der Waals surface area contributed by atoms with Crippen molar-refractivity contribution in [3.8, 4) is 0 Å². The summed E-state index contributed by atoms with van der Waals surface area (Å²) in [5, 5.41) is 0. The molecule has 0 spiro atoms. The number of hydrogen-bond acceptors (Lipinski definition) is 1. The topological polar surface area (TPSA) is 20.3 Å². The van der Waals surface area contributed by atoms with Gasteiger partial charge in [0, 0.05) is 23.6 Å². The van der Waals surface area contributed by atoms with E-state index in [0.717, 1.165) is 26.7 Å². The molecule has 0 bridgehead atoms. The highest BCUT2D eigenvalue weighted by atomic mass is 79.9. The summed E-state index contributed by atoms with van der Waals surface area (Å²) >= 11 is 3.52. The second-order valence-corrected chi connectivity index (χ2v) is 5.87. The number of carbonyl (C=O) groups excluding carboxylic acids is 1. The lowest BCUT2D eigenvalue weighted by molar-refractivity contribution is 0.0783. The van der Waals surface area contributed by atoms with E-state index in [1.54, 1.807) is 4.90 Å². The minimum absolute atomic E-state index is 0.0661. The second-order valence-electron chi connectivity index (χ2n) is 5.02. The van der Waals surface area contributed by atoms with Crippen LogP contribution in [-0.4, -0.2) is 17.9 Å². The SMILES string of the molecule is Cc1cccc(C)c1C(=O)N(C)Cc1ccccc1Br. The summed E-state index contributed by atoms with van der Waals surface area (Å²) in [5.74, 6) is 0.0661. The summed E-state index contributed by atoms with van der Waals surface area (Å²) in [5.41, 5.74) is 3.96. The number of carbonyl (C=O) groups is 1. The van der Waals surface area contributed by atoms with Crippen molar-refractivity contribution in [3.63, 3.8) is 0 Å². The third kappa shape index (κ3) is 3.10. The molecule has 1 amide bonds. The fourth-order valence-corrected chi connectivity index (χ4v) is 2.71. The predicted octanol–water partition coefficient (Wildman–Crippen LogP) is 4.34. The lowest BCUT2D eigenvalue weighted by Crippen LogP contribution is -2.27. The normalized spacial score (nSPS) is 10.4.